The molecule has 1 aliphatic rings. The van der Waals surface area contributed by atoms with Crippen molar-refractivity contribution in [2.75, 3.05) is 17.2 Å². The Balaban J connectivity index is 2.06. The number of nitrogen functional groups attached to an aromatic ring is 1. The average Bonchev–Trinajstić information content (AvgIpc) is 2.45. The molecule has 6 heteroatoms. The van der Waals surface area contributed by atoms with Gasteiger partial charge >= 0.3 is 0 Å². The Kier molecular flexibility index (Phi) is 5.81. The summed E-state index contributed by atoms with van der Waals surface area (Å²) < 4.78 is 0. The molecule has 0 amide bonds. The van der Waals surface area contributed by atoms with Gasteiger partial charge in [-0.15, -0.1) is 0 Å². The van der Waals surface area contributed by atoms with Gasteiger partial charge in [-0.2, -0.15) is 23.5 Å². The number of anilines is 1. The Morgan fingerprint density at radius 2 is 2.26 bits per heavy atom. The zero-order chi connectivity index (χ0) is 13.7. The second-order valence-corrected chi connectivity index (χ2v) is 7.35. The van der Waals surface area contributed by atoms with Crippen molar-refractivity contribution < 1.29 is 0 Å². The second kappa shape index (κ2) is 7.38. The van der Waals surface area contributed by atoms with Gasteiger partial charge in [0.15, 0.2) is 0 Å². The summed E-state index contributed by atoms with van der Waals surface area (Å²) in [5.74, 6) is 8.82. The van der Waals surface area contributed by atoms with E-state index in [-0.39, 0.29) is 6.04 Å². The molecule has 0 aromatic carbocycles. The van der Waals surface area contributed by atoms with E-state index in [2.05, 4.69) is 29.1 Å². The molecule has 106 valence electrons. The third-order valence-corrected chi connectivity index (χ3v) is 6.81. The zero-order valence-electron chi connectivity index (χ0n) is 11.2. The quantitative estimate of drug-likeness (QED) is 0.567. The number of nitrogens with zero attached hydrogens (tertiary/aromatic N) is 1. The van der Waals surface area contributed by atoms with Gasteiger partial charge in [0, 0.05) is 34.2 Å². The molecular formula is C13H22N4S2. The maximum absolute atomic E-state index is 5.79. The van der Waals surface area contributed by atoms with Gasteiger partial charge in [-0.3, -0.25) is 11.3 Å². The van der Waals surface area contributed by atoms with Crippen LogP contribution >= 0.6 is 23.5 Å². The molecule has 1 aliphatic heterocycles. The van der Waals surface area contributed by atoms with Crippen LogP contribution in [0.15, 0.2) is 18.3 Å². The Labute approximate surface area is 123 Å². The van der Waals surface area contributed by atoms with E-state index >= 15 is 0 Å². The van der Waals surface area contributed by atoms with Crippen LogP contribution in [0.1, 0.15) is 18.9 Å². The molecule has 2 heterocycles. The first-order valence-electron chi connectivity index (χ1n) is 6.64. The van der Waals surface area contributed by atoms with Crippen molar-refractivity contribution in [3.8, 4) is 0 Å². The smallest absolute Gasteiger partial charge is 0.123 e. The van der Waals surface area contributed by atoms with Gasteiger partial charge < -0.3 is 5.73 Å². The molecule has 0 radical (unpaired) electrons. The summed E-state index contributed by atoms with van der Waals surface area (Å²) in [7, 11) is 0. The van der Waals surface area contributed by atoms with Crippen molar-refractivity contribution in [1.29, 1.82) is 0 Å². The van der Waals surface area contributed by atoms with E-state index in [1.165, 1.54) is 23.5 Å². The molecule has 1 aromatic rings. The number of nitrogens with two attached hydrogens (primary N) is 2. The van der Waals surface area contributed by atoms with E-state index in [4.69, 9.17) is 11.6 Å². The topological polar surface area (TPSA) is 77.0 Å². The lowest BCUT2D eigenvalue weighted by atomic mass is 10.0. The number of aromatic nitrogens is 1. The third-order valence-electron chi connectivity index (χ3n) is 3.41. The lowest BCUT2D eigenvalue weighted by molar-refractivity contribution is 0.490. The van der Waals surface area contributed by atoms with Gasteiger partial charge in [-0.05, 0) is 30.5 Å². The summed E-state index contributed by atoms with van der Waals surface area (Å²) in [6.07, 6.45) is 3.86. The monoisotopic (exact) mass is 298 g/mol. The first kappa shape index (κ1) is 15.0. The predicted molar refractivity (Wildman–Crippen MR) is 86.2 cm³/mol. The minimum Gasteiger partial charge on any atom is -0.384 e. The second-order valence-electron chi connectivity index (χ2n) is 4.72. The number of hydrogen-bond acceptors (Lipinski definition) is 6. The molecule has 19 heavy (non-hydrogen) atoms. The van der Waals surface area contributed by atoms with Crippen molar-refractivity contribution in [1.82, 2.24) is 10.4 Å². The minimum absolute atomic E-state index is 0.282. The van der Waals surface area contributed by atoms with Crippen molar-refractivity contribution in [2.45, 2.75) is 36.3 Å². The number of hydrogen-bond donors (Lipinski definition) is 3. The Bertz CT molecular complexity index is 402. The van der Waals surface area contributed by atoms with E-state index in [0.717, 1.165) is 6.42 Å². The highest BCUT2D eigenvalue weighted by Gasteiger charge is 2.31. The molecule has 0 spiro atoms. The molecule has 2 rings (SSSR count). The minimum atomic E-state index is 0.282. The molecule has 4 nitrogen and oxygen atoms in total. The van der Waals surface area contributed by atoms with E-state index < -0.39 is 0 Å². The van der Waals surface area contributed by atoms with E-state index in [1.807, 2.05) is 23.9 Å². The van der Waals surface area contributed by atoms with Gasteiger partial charge in [0.25, 0.3) is 0 Å². The van der Waals surface area contributed by atoms with Crippen LogP contribution in [0.2, 0.25) is 0 Å². The van der Waals surface area contributed by atoms with Gasteiger partial charge in [0.2, 0.25) is 0 Å². The SMILES string of the molecule is CCC1SCCSC1C(Cc1ccnc(N)c1)NN. The fourth-order valence-electron chi connectivity index (χ4n) is 2.46. The van der Waals surface area contributed by atoms with E-state index in [9.17, 15) is 0 Å². The van der Waals surface area contributed by atoms with Crippen LogP contribution in [0.5, 0.6) is 0 Å². The highest BCUT2D eigenvalue weighted by Crippen LogP contribution is 2.35. The lowest BCUT2D eigenvalue weighted by Gasteiger charge is -2.35. The summed E-state index contributed by atoms with van der Waals surface area (Å²) in [6, 6.07) is 4.23. The average molecular weight is 298 g/mol. The molecule has 0 saturated carbocycles. The maximum Gasteiger partial charge on any atom is 0.123 e. The van der Waals surface area contributed by atoms with Crippen LogP contribution in [-0.2, 0) is 6.42 Å². The highest BCUT2D eigenvalue weighted by molar-refractivity contribution is 8.07. The Morgan fingerprint density at radius 1 is 1.47 bits per heavy atom. The van der Waals surface area contributed by atoms with Crippen LogP contribution in [0.25, 0.3) is 0 Å². The molecule has 3 atom stereocenters. The molecule has 1 aromatic heterocycles. The largest absolute Gasteiger partial charge is 0.384 e. The van der Waals surface area contributed by atoms with Crippen LogP contribution in [0.3, 0.4) is 0 Å². The molecule has 0 bridgehead atoms. The number of pyridine rings is 1. The summed E-state index contributed by atoms with van der Waals surface area (Å²) in [4.78, 5) is 4.03. The Hall–Kier alpha value is -0.430. The molecule has 1 fully saturated rings. The molecule has 5 N–H and O–H groups in total. The molecule has 3 unspecified atom stereocenters. The van der Waals surface area contributed by atoms with Gasteiger partial charge in [0.05, 0.1) is 0 Å². The lowest BCUT2D eigenvalue weighted by Crippen LogP contribution is -2.49. The Morgan fingerprint density at radius 3 is 2.95 bits per heavy atom. The first-order valence-corrected chi connectivity index (χ1v) is 8.74. The third kappa shape index (κ3) is 4.02. The summed E-state index contributed by atoms with van der Waals surface area (Å²) in [5, 5.41) is 1.24. The highest BCUT2D eigenvalue weighted by atomic mass is 32.2. The summed E-state index contributed by atoms with van der Waals surface area (Å²) >= 11 is 4.12. The fraction of sp³-hybridized carbons (Fsp3) is 0.615. The number of thioether (sulfide) groups is 2. The number of nitrogens with one attached hydrogen (secondary N) is 1. The normalized spacial score (nSPS) is 25.2. The standard InChI is InChI=1S/C13H22N4S2/c1-2-11-13(19-6-5-18-11)10(17-15)7-9-3-4-16-12(14)8-9/h3-4,8,10-11,13,17H,2,5-7,15H2,1H3,(H2,14,16). The fourth-order valence-corrected chi connectivity index (χ4v) is 5.70. The number of rotatable bonds is 5. The summed E-state index contributed by atoms with van der Waals surface area (Å²) in [6.45, 7) is 2.26. The van der Waals surface area contributed by atoms with Gasteiger partial charge in [-0.25, -0.2) is 4.98 Å². The first-order chi connectivity index (χ1) is 9.24. The van der Waals surface area contributed by atoms with E-state index in [1.54, 1.807) is 6.20 Å². The number of hydrazine groups is 1. The van der Waals surface area contributed by atoms with Crippen LogP contribution in [0.4, 0.5) is 5.82 Å². The van der Waals surface area contributed by atoms with Crippen molar-refractivity contribution in [3.63, 3.8) is 0 Å². The summed E-state index contributed by atoms with van der Waals surface area (Å²) in [5.41, 5.74) is 9.94. The molecular weight excluding hydrogens is 276 g/mol. The van der Waals surface area contributed by atoms with Crippen molar-refractivity contribution in [2.24, 2.45) is 5.84 Å². The van der Waals surface area contributed by atoms with Gasteiger partial charge in [0.1, 0.15) is 5.82 Å². The van der Waals surface area contributed by atoms with E-state index in [0.29, 0.717) is 16.3 Å². The van der Waals surface area contributed by atoms with Crippen molar-refractivity contribution >= 4 is 29.3 Å². The van der Waals surface area contributed by atoms with Crippen LogP contribution in [0, 0.1) is 0 Å². The molecule has 0 aliphatic carbocycles. The van der Waals surface area contributed by atoms with Crippen LogP contribution in [-0.4, -0.2) is 33.0 Å². The zero-order valence-corrected chi connectivity index (χ0v) is 12.8. The predicted octanol–water partition coefficient (Wildman–Crippen LogP) is 1.67. The maximum atomic E-state index is 5.79. The van der Waals surface area contributed by atoms with Gasteiger partial charge in [-0.1, -0.05) is 6.92 Å². The van der Waals surface area contributed by atoms with Crippen LogP contribution < -0.4 is 17.0 Å². The van der Waals surface area contributed by atoms with Crippen molar-refractivity contribution in [3.05, 3.63) is 23.9 Å². The molecule has 1 saturated heterocycles.